The van der Waals surface area contributed by atoms with Crippen molar-refractivity contribution < 1.29 is 3.97 Å². The van der Waals surface area contributed by atoms with Crippen molar-refractivity contribution >= 4 is 11.9 Å². The summed E-state index contributed by atoms with van der Waals surface area (Å²) < 4.78 is 1.97. The molecule has 0 N–H and O–H groups in total. The highest BCUT2D eigenvalue weighted by molar-refractivity contribution is 7.94. The quantitative estimate of drug-likeness (QED) is 0.534. The van der Waals surface area contributed by atoms with E-state index in [4.69, 9.17) is 0 Å². The van der Waals surface area contributed by atoms with Gasteiger partial charge in [-0.25, -0.2) is 0 Å². The highest BCUT2D eigenvalue weighted by Crippen LogP contribution is 1.93. The Bertz CT molecular complexity index is 198. The van der Waals surface area contributed by atoms with Crippen LogP contribution >= 0.6 is 11.9 Å². The van der Waals surface area contributed by atoms with E-state index in [0.717, 1.165) is 0 Å². The number of aromatic nitrogens is 1. The van der Waals surface area contributed by atoms with Gasteiger partial charge in [-0.15, -0.1) is 3.97 Å². The molecule has 0 amide bonds. The molecule has 1 rings (SSSR count). The molecule has 0 unspecified atom stereocenters. The summed E-state index contributed by atoms with van der Waals surface area (Å²) in [5.41, 5.74) is 1.26. The smallest absolute Gasteiger partial charge is 0.134 e. The predicted molar refractivity (Wildman–Crippen MR) is 39.7 cm³/mol. The van der Waals surface area contributed by atoms with Crippen LogP contribution in [0, 0.1) is 13.2 Å². The standard InChI is InChI=1S/C7H9NS/c1-7-4-3-5-8(6-7)9-2/h3-6H,2H2,1H3/q+1. The Kier molecular flexibility index (Phi) is 2.11. The molecule has 0 aliphatic heterocycles. The molecule has 0 aromatic carbocycles. The van der Waals surface area contributed by atoms with Crippen LogP contribution in [0.15, 0.2) is 24.5 Å². The number of rotatable bonds is 1. The summed E-state index contributed by atoms with van der Waals surface area (Å²) >= 11 is 1.45. The van der Waals surface area contributed by atoms with Crippen LogP contribution in [-0.4, -0.2) is 0 Å². The zero-order valence-electron chi connectivity index (χ0n) is 5.37. The maximum absolute atomic E-state index is 3.68. The molecule has 47 valence electrons. The Labute approximate surface area is 59.8 Å². The van der Waals surface area contributed by atoms with Gasteiger partial charge in [0.25, 0.3) is 0 Å². The third kappa shape index (κ3) is 1.72. The maximum Gasteiger partial charge on any atom is 0.186 e. The number of hydrogen-bond donors (Lipinski definition) is 0. The molecule has 1 aromatic heterocycles. The van der Waals surface area contributed by atoms with Crippen LogP contribution < -0.4 is 3.97 Å². The lowest BCUT2D eigenvalue weighted by Gasteiger charge is -1.87. The molecule has 1 radical (unpaired) electrons. The normalized spacial score (nSPS) is 9.56. The van der Waals surface area contributed by atoms with Gasteiger partial charge in [-0.1, -0.05) is 0 Å². The van der Waals surface area contributed by atoms with E-state index in [-0.39, 0.29) is 0 Å². The van der Waals surface area contributed by atoms with E-state index in [1.54, 1.807) is 0 Å². The summed E-state index contributed by atoms with van der Waals surface area (Å²) in [6.45, 7) is 2.06. The highest BCUT2D eigenvalue weighted by Gasteiger charge is 1.94. The van der Waals surface area contributed by atoms with Gasteiger partial charge in [0.15, 0.2) is 24.3 Å². The minimum atomic E-state index is 1.26. The van der Waals surface area contributed by atoms with Crippen LogP contribution in [0.2, 0.25) is 0 Å². The van der Waals surface area contributed by atoms with Crippen LogP contribution in [0.1, 0.15) is 5.56 Å². The molecule has 1 nitrogen and oxygen atoms in total. The number of aryl methyl sites for hydroxylation is 1. The van der Waals surface area contributed by atoms with E-state index < -0.39 is 0 Å². The summed E-state index contributed by atoms with van der Waals surface area (Å²) in [7, 11) is 0. The van der Waals surface area contributed by atoms with Crippen LogP contribution in [0.4, 0.5) is 0 Å². The van der Waals surface area contributed by atoms with Gasteiger partial charge in [0.2, 0.25) is 0 Å². The van der Waals surface area contributed by atoms with Gasteiger partial charge < -0.3 is 0 Å². The van der Waals surface area contributed by atoms with Crippen LogP contribution in [0.3, 0.4) is 0 Å². The van der Waals surface area contributed by atoms with E-state index in [2.05, 4.69) is 19.2 Å². The van der Waals surface area contributed by atoms with Crippen LogP contribution in [0.5, 0.6) is 0 Å². The Hall–Kier alpha value is -0.500. The molecular formula is C7H9NS+. The molecule has 0 aliphatic rings. The minimum absolute atomic E-state index is 1.26. The van der Waals surface area contributed by atoms with E-state index in [1.807, 2.05) is 22.4 Å². The maximum atomic E-state index is 3.68. The fourth-order valence-corrected chi connectivity index (χ4v) is 1.04. The number of pyridine rings is 1. The average molecular weight is 139 g/mol. The average Bonchev–Trinajstić information content (AvgIpc) is 1.88. The predicted octanol–water partition coefficient (Wildman–Crippen LogP) is 1.57. The topological polar surface area (TPSA) is 3.88 Å². The first-order valence-electron chi connectivity index (χ1n) is 2.73. The molecule has 0 bridgehead atoms. The first-order chi connectivity index (χ1) is 4.33. The van der Waals surface area contributed by atoms with Gasteiger partial charge in [0.05, 0.1) is 6.26 Å². The molecule has 0 atom stereocenters. The SMILES string of the molecule is [CH2]S[n+]1cccc(C)c1. The van der Waals surface area contributed by atoms with Gasteiger partial charge in [-0.05, 0) is 13.0 Å². The van der Waals surface area contributed by atoms with Crippen molar-refractivity contribution in [1.29, 1.82) is 0 Å². The van der Waals surface area contributed by atoms with Gasteiger partial charge >= 0.3 is 0 Å². The van der Waals surface area contributed by atoms with Crippen molar-refractivity contribution in [2.75, 3.05) is 0 Å². The zero-order chi connectivity index (χ0) is 6.69. The summed E-state index contributed by atoms with van der Waals surface area (Å²) in [6, 6.07) is 4.07. The minimum Gasteiger partial charge on any atom is -0.134 e. The summed E-state index contributed by atoms with van der Waals surface area (Å²) in [5.74, 6) is 0. The van der Waals surface area contributed by atoms with Crippen LogP contribution in [-0.2, 0) is 0 Å². The Morgan fingerprint density at radius 2 is 2.44 bits per heavy atom. The monoisotopic (exact) mass is 139 g/mol. The summed E-state index contributed by atoms with van der Waals surface area (Å²) in [6.07, 6.45) is 7.69. The van der Waals surface area contributed by atoms with Gasteiger partial charge in [0, 0.05) is 11.6 Å². The number of hydrogen-bond acceptors (Lipinski definition) is 1. The molecule has 0 saturated carbocycles. The van der Waals surface area contributed by atoms with E-state index in [1.165, 1.54) is 17.5 Å². The van der Waals surface area contributed by atoms with E-state index in [0.29, 0.717) is 0 Å². The second-order valence-corrected chi connectivity index (χ2v) is 2.55. The first-order valence-corrected chi connectivity index (χ1v) is 3.67. The molecule has 9 heavy (non-hydrogen) atoms. The van der Waals surface area contributed by atoms with Crippen molar-refractivity contribution in [2.24, 2.45) is 0 Å². The van der Waals surface area contributed by atoms with Crippen molar-refractivity contribution in [1.82, 2.24) is 0 Å². The molecule has 1 heterocycles. The fraction of sp³-hybridized carbons (Fsp3) is 0.143. The van der Waals surface area contributed by atoms with Gasteiger partial charge in [-0.3, -0.25) is 0 Å². The Morgan fingerprint density at radius 3 is 2.89 bits per heavy atom. The van der Waals surface area contributed by atoms with Crippen LogP contribution in [0.25, 0.3) is 0 Å². The van der Waals surface area contributed by atoms with Gasteiger partial charge in [-0.2, -0.15) is 0 Å². The second-order valence-electron chi connectivity index (χ2n) is 1.87. The Balaban J connectivity index is 2.94. The Morgan fingerprint density at radius 1 is 1.67 bits per heavy atom. The molecular weight excluding hydrogens is 130 g/mol. The van der Waals surface area contributed by atoms with Crippen molar-refractivity contribution in [2.45, 2.75) is 6.92 Å². The highest BCUT2D eigenvalue weighted by atomic mass is 32.2. The third-order valence-electron chi connectivity index (χ3n) is 1.07. The van der Waals surface area contributed by atoms with E-state index >= 15 is 0 Å². The number of nitrogens with zero attached hydrogens (tertiary/aromatic N) is 1. The largest absolute Gasteiger partial charge is 0.186 e. The lowest BCUT2D eigenvalue weighted by molar-refractivity contribution is -0.493. The van der Waals surface area contributed by atoms with Gasteiger partial charge in [0.1, 0.15) is 0 Å². The lowest BCUT2D eigenvalue weighted by Crippen LogP contribution is -2.22. The van der Waals surface area contributed by atoms with Crippen molar-refractivity contribution in [3.63, 3.8) is 0 Å². The summed E-state index contributed by atoms with van der Waals surface area (Å²) in [4.78, 5) is 0. The van der Waals surface area contributed by atoms with Crippen molar-refractivity contribution in [3.8, 4) is 0 Å². The molecule has 2 heteroatoms. The third-order valence-corrected chi connectivity index (χ3v) is 1.60. The van der Waals surface area contributed by atoms with E-state index in [9.17, 15) is 0 Å². The molecule has 0 spiro atoms. The van der Waals surface area contributed by atoms with Crippen molar-refractivity contribution in [3.05, 3.63) is 36.3 Å². The lowest BCUT2D eigenvalue weighted by atomic mass is 10.3. The summed E-state index contributed by atoms with van der Waals surface area (Å²) in [5, 5.41) is 0. The zero-order valence-corrected chi connectivity index (χ0v) is 6.19. The molecule has 0 aliphatic carbocycles. The second kappa shape index (κ2) is 2.87. The fourth-order valence-electron chi connectivity index (χ4n) is 0.647. The first kappa shape index (κ1) is 6.62. The molecule has 1 aromatic rings. The molecule has 0 fully saturated rings. The molecule has 0 saturated heterocycles.